The summed E-state index contributed by atoms with van der Waals surface area (Å²) < 4.78 is 5.39. The van der Waals surface area contributed by atoms with Crippen molar-refractivity contribution >= 4 is 0 Å². The molecule has 3 aliphatic rings. The molecule has 28 heavy (non-hydrogen) atoms. The highest BCUT2D eigenvalue weighted by atomic mass is 16.5. The maximum Gasteiger partial charge on any atom is 0.229 e. The average Bonchev–Trinajstić information content (AvgIpc) is 3.34. The minimum absolute atomic E-state index is 0.285. The van der Waals surface area contributed by atoms with Crippen LogP contribution in [0.2, 0.25) is 0 Å². The minimum atomic E-state index is -0.285. The quantitative estimate of drug-likeness (QED) is 0.797. The lowest BCUT2D eigenvalue weighted by Gasteiger charge is -2.45. The number of likely N-dealkylation sites (tertiary alicyclic amines) is 1. The van der Waals surface area contributed by atoms with Crippen LogP contribution in [0.3, 0.4) is 0 Å². The van der Waals surface area contributed by atoms with Crippen molar-refractivity contribution in [3.63, 3.8) is 0 Å². The van der Waals surface area contributed by atoms with E-state index in [1.807, 2.05) is 13.0 Å². The normalized spacial score (nSPS) is 35.6. The zero-order valence-electron chi connectivity index (χ0n) is 16.6. The lowest BCUT2D eigenvalue weighted by Crippen LogP contribution is -2.44. The summed E-state index contributed by atoms with van der Waals surface area (Å²) in [4.78, 5) is 7.14. The highest BCUT2D eigenvalue weighted by Gasteiger charge is 2.52. The number of nitriles is 1. The van der Waals surface area contributed by atoms with Gasteiger partial charge >= 0.3 is 0 Å². The van der Waals surface area contributed by atoms with Gasteiger partial charge in [0.15, 0.2) is 5.82 Å². The van der Waals surface area contributed by atoms with Gasteiger partial charge < -0.3 is 4.52 Å². The first-order chi connectivity index (χ1) is 13.6. The molecular formula is C23H28N4O. The monoisotopic (exact) mass is 376 g/mol. The topological polar surface area (TPSA) is 66.0 Å². The summed E-state index contributed by atoms with van der Waals surface area (Å²) in [5.74, 6) is 2.03. The smallest absolute Gasteiger partial charge is 0.229 e. The molecule has 0 unspecified atom stereocenters. The summed E-state index contributed by atoms with van der Waals surface area (Å²) >= 11 is 0. The van der Waals surface area contributed by atoms with Crippen LogP contribution >= 0.6 is 0 Å². The van der Waals surface area contributed by atoms with Gasteiger partial charge in [-0.2, -0.15) is 10.2 Å². The summed E-state index contributed by atoms with van der Waals surface area (Å²) in [5, 5.41) is 13.9. The Morgan fingerprint density at radius 3 is 2.54 bits per heavy atom. The Balaban J connectivity index is 1.19. The van der Waals surface area contributed by atoms with E-state index >= 15 is 0 Å². The van der Waals surface area contributed by atoms with E-state index in [4.69, 9.17) is 4.52 Å². The van der Waals surface area contributed by atoms with Gasteiger partial charge in [0.1, 0.15) is 0 Å². The molecule has 0 N–H and O–H groups in total. The van der Waals surface area contributed by atoms with Crippen LogP contribution in [0, 0.1) is 23.7 Å². The van der Waals surface area contributed by atoms with E-state index in [1.165, 1.54) is 37.9 Å². The summed E-state index contributed by atoms with van der Waals surface area (Å²) in [5.41, 5.74) is 1.37. The predicted octanol–water partition coefficient (Wildman–Crippen LogP) is 4.35. The Kier molecular flexibility index (Phi) is 4.28. The molecule has 0 atom stereocenters. The molecule has 146 valence electrons. The van der Waals surface area contributed by atoms with Crippen molar-refractivity contribution < 1.29 is 4.52 Å². The van der Waals surface area contributed by atoms with E-state index in [0.29, 0.717) is 17.4 Å². The third-order valence-electron chi connectivity index (χ3n) is 7.58. The van der Waals surface area contributed by atoms with Crippen LogP contribution in [0.4, 0.5) is 0 Å². The van der Waals surface area contributed by atoms with Crippen molar-refractivity contribution in [2.24, 2.45) is 5.41 Å². The van der Waals surface area contributed by atoms with Gasteiger partial charge in [-0.3, -0.25) is 4.90 Å². The van der Waals surface area contributed by atoms with Crippen LogP contribution in [-0.2, 0) is 5.41 Å². The highest BCUT2D eigenvalue weighted by Crippen LogP contribution is 2.56. The predicted molar refractivity (Wildman–Crippen MR) is 106 cm³/mol. The highest BCUT2D eigenvalue weighted by molar-refractivity contribution is 5.33. The first-order valence-electron chi connectivity index (χ1n) is 10.6. The molecule has 1 saturated heterocycles. The molecule has 2 aromatic rings. The molecule has 1 spiro atoms. The largest absolute Gasteiger partial charge is 0.339 e. The van der Waals surface area contributed by atoms with Crippen molar-refractivity contribution in [1.82, 2.24) is 15.0 Å². The van der Waals surface area contributed by atoms with E-state index in [0.717, 1.165) is 37.4 Å². The second-order valence-corrected chi connectivity index (χ2v) is 9.30. The molecule has 2 heterocycles. The maximum atomic E-state index is 9.93. The van der Waals surface area contributed by atoms with Gasteiger partial charge in [-0.15, -0.1) is 0 Å². The van der Waals surface area contributed by atoms with Crippen molar-refractivity contribution in [3.8, 4) is 6.07 Å². The fourth-order valence-corrected chi connectivity index (χ4v) is 5.94. The Labute approximate surface area is 166 Å². The average molecular weight is 377 g/mol. The summed E-state index contributed by atoms with van der Waals surface area (Å²) in [6.07, 6.45) is 7.87. The molecule has 2 aliphatic carbocycles. The molecule has 1 aliphatic heterocycles. The molecule has 3 fully saturated rings. The summed E-state index contributed by atoms with van der Waals surface area (Å²) in [6, 6.07) is 13.7. The molecule has 5 rings (SSSR count). The third-order valence-corrected chi connectivity index (χ3v) is 7.58. The van der Waals surface area contributed by atoms with Crippen molar-refractivity contribution in [2.75, 3.05) is 13.1 Å². The number of hydrogen-bond donors (Lipinski definition) is 0. The lowest BCUT2D eigenvalue weighted by molar-refractivity contribution is 0.0723. The van der Waals surface area contributed by atoms with Crippen molar-refractivity contribution in [2.45, 2.75) is 69.2 Å². The van der Waals surface area contributed by atoms with Crippen LogP contribution in [-0.4, -0.2) is 34.2 Å². The molecule has 0 radical (unpaired) electrons. The fraction of sp³-hybridized carbons (Fsp3) is 0.609. The van der Waals surface area contributed by atoms with Gasteiger partial charge in [0.25, 0.3) is 0 Å². The fourth-order valence-electron chi connectivity index (χ4n) is 5.94. The summed E-state index contributed by atoms with van der Waals surface area (Å²) in [6.45, 7) is 4.29. The van der Waals surface area contributed by atoms with E-state index in [9.17, 15) is 5.26 Å². The van der Waals surface area contributed by atoms with Gasteiger partial charge in [-0.05, 0) is 69.4 Å². The van der Waals surface area contributed by atoms with Crippen molar-refractivity contribution in [1.29, 1.82) is 5.26 Å². The van der Waals surface area contributed by atoms with Crippen LogP contribution in [0.15, 0.2) is 34.9 Å². The molecule has 0 bridgehead atoms. The van der Waals surface area contributed by atoms with Crippen LogP contribution in [0.25, 0.3) is 0 Å². The van der Waals surface area contributed by atoms with E-state index in [2.05, 4.69) is 45.4 Å². The van der Waals surface area contributed by atoms with Gasteiger partial charge in [0.05, 0.1) is 11.5 Å². The first-order valence-corrected chi connectivity index (χ1v) is 10.6. The van der Waals surface area contributed by atoms with Gasteiger partial charge in [-0.1, -0.05) is 35.5 Å². The van der Waals surface area contributed by atoms with Gasteiger partial charge in [-0.25, -0.2) is 0 Å². The number of aryl methyl sites for hydroxylation is 1. The number of benzene rings is 1. The minimum Gasteiger partial charge on any atom is -0.339 e. The standard InChI is InChI=1S/C23H28N4O/c1-17-25-21(28-26-17)18-13-22(14-18)11-12-27(16-22)20-7-9-23(15-24,10-8-20)19-5-3-2-4-6-19/h2-6,18,20H,7-14,16H2,1H3. The SMILES string of the molecule is Cc1noc(C2CC3(CCN(C4CCC(C#N)(c5ccccc5)CC4)C3)C2)n1. The molecule has 5 heteroatoms. The van der Waals surface area contributed by atoms with E-state index in [-0.39, 0.29) is 5.41 Å². The number of hydrogen-bond acceptors (Lipinski definition) is 5. The van der Waals surface area contributed by atoms with Crippen LogP contribution in [0.5, 0.6) is 0 Å². The Hall–Kier alpha value is -2.19. The second kappa shape index (κ2) is 6.70. The molecule has 1 aromatic carbocycles. The number of nitrogens with zero attached hydrogens (tertiary/aromatic N) is 4. The van der Waals surface area contributed by atoms with E-state index in [1.54, 1.807) is 0 Å². The van der Waals surface area contributed by atoms with Crippen LogP contribution < -0.4 is 0 Å². The Morgan fingerprint density at radius 1 is 1.14 bits per heavy atom. The Morgan fingerprint density at radius 2 is 1.89 bits per heavy atom. The molecule has 5 nitrogen and oxygen atoms in total. The summed E-state index contributed by atoms with van der Waals surface area (Å²) in [7, 11) is 0. The Bertz CT molecular complexity index is 870. The van der Waals surface area contributed by atoms with E-state index < -0.39 is 0 Å². The lowest BCUT2D eigenvalue weighted by atomic mass is 9.61. The second-order valence-electron chi connectivity index (χ2n) is 9.30. The van der Waals surface area contributed by atoms with Gasteiger partial charge in [0, 0.05) is 18.5 Å². The molecular weight excluding hydrogens is 348 g/mol. The number of aromatic nitrogens is 2. The molecule has 0 amide bonds. The zero-order chi connectivity index (χ0) is 19.2. The first kappa shape index (κ1) is 17.9. The maximum absolute atomic E-state index is 9.93. The van der Waals surface area contributed by atoms with Crippen molar-refractivity contribution in [3.05, 3.63) is 47.6 Å². The molecule has 2 saturated carbocycles. The van der Waals surface area contributed by atoms with Gasteiger partial charge in [0.2, 0.25) is 5.89 Å². The van der Waals surface area contributed by atoms with Crippen LogP contribution in [0.1, 0.15) is 68.1 Å². The zero-order valence-corrected chi connectivity index (χ0v) is 16.6. The number of rotatable bonds is 3. The third kappa shape index (κ3) is 2.95. The molecule has 1 aromatic heterocycles.